The summed E-state index contributed by atoms with van der Waals surface area (Å²) in [5.74, 6) is 0.978. The molecule has 0 saturated heterocycles. The molecule has 20 heavy (non-hydrogen) atoms. The van der Waals surface area contributed by atoms with Gasteiger partial charge >= 0.3 is 0 Å². The molecule has 1 N–H and O–H groups in total. The average molecular weight is 291 g/mol. The highest BCUT2D eigenvalue weighted by atomic mass is 32.2. The number of carbonyl (C=O) groups excluding carboxylic acids is 1. The highest BCUT2D eigenvalue weighted by molar-refractivity contribution is 8.01. The molecule has 1 heterocycles. The molecule has 3 nitrogen and oxygen atoms in total. The van der Waals surface area contributed by atoms with Crippen molar-refractivity contribution in [2.24, 2.45) is 5.92 Å². The van der Waals surface area contributed by atoms with Crippen molar-refractivity contribution in [1.29, 1.82) is 0 Å². The first kappa shape index (κ1) is 14.0. The van der Waals surface area contributed by atoms with Gasteiger partial charge in [0.15, 0.2) is 0 Å². The molecule has 2 aliphatic rings. The van der Waals surface area contributed by atoms with Crippen LogP contribution in [0.15, 0.2) is 29.2 Å². The number of hydrogen-bond acceptors (Lipinski definition) is 3. The summed E-state index contributed by atoms with van der Waals surface area (Å²) in [6.07, 6.45) is 4.42. The lowest BCUT2D eigenvalue weighted by Gasteiger charge is -2.10. The molecule has 1 aliphatic carbocycles. The van der Waals surface area contributed by atoms with Gasteiger partial charge < -0.3 is 10.1 Å². The fourth-order valence-electron chi connectivity index (χ4n) is 2.36. The molecule has 0 bridgehead atoms. The Morgan fingerprint density at radius 2 is 2.20 bits per heavy atom. The Morgan fingerprint density at radius 3 is 3.00 bits per heavy atom. The molecule has 4 heteroatoms. The quantitative estimate of drug-likeness (QED) is 0.785. The third kappa shape index (κ3) is 3.76. The predicted molar refractivity (Wildman–Crippen MR) is 81.0 cm³/mol. The van der Waals surface area contributed by atoms with E-state index in [0.29, 0.717) is 0 Å². The third-order valence-corrected chi connectivity index (χ3v) is 5.07. The summed E-state index contributed by atoms with van der Waals surface area (Å²) in [5.41, 5.74) is 1.30. The largest absolute Gasteiger partial charge is 0.381 e. The Morgan fingerprint density at radius 1 is 1.35 bits per heavy atom. The van der Waals surface area contributed by atoms with E-state index in [-0.39, 0.29) is 11.2 Å². The van der Waals surface area contributed by atoms with Crippen molar-refractivity contribution < 1.29 is 9.53 Å². The molecule has 1 saturated carbocycles. The molecule has 1 aromatic rings. The molecular weight excluding hydrogens is 270 g/mol. The molecule has 108 valence electrons. The lowest BCUT2D eigenvalue weighted by atomic mass is 10.1. The van der Waals surface area contributed by atoms with Gasteiger partial charge in [-0.25, -0.2) is 0 Å². The monoisotopic (exact) mass is 291 g/mol. The minimum atomic E-state index is 0.0415. The van der Waals surface area contributed by atoms with Crippen LogP contribution in [0.2, 0.25) is 0 Å². The normalized spacial score (nSPS) is 20.7. The zero-order valence-electron chi connectivity index (χ0n) is 11.6. The summed E-state index contributed by atoms with van der Waals surface area (Å²) < 4.78 is 5.56. The maximum absolute atomic E-state index is 12.1. The van der Waals surface area contributed by atoms with Crippen molar-refractivity contribution in [2.75, 3.05) is 19.8 Å². The average Bonchev–Trinajstić information content (AvgIpc) is 3.18. The second-order valence-electron chi connectivity index (χ2n) is 5.58. The first-order valence-corrected chi connectivity index (χ1v) is 8.31. The summed E-state index contributed by atoms with van der Waals surface area (Å²) in [6, 6.07) is 8.28. The van der Waals surface area contributed by atoms with E-state index in [9.17, 15) is 4.79 Å². The topological polar surface area (TPSA) is 38.3 Å². The van der Waals surface area contributed by atoms with Gasteiger partial charge in [0.1, 0.15) is 0 Å². The summed E-state index contributed by atoms with van der Waals surface area (Å²) in [7, 11) is 0. The summed E-state index contributed by atoms with van der Waals surface area (Å²) in [6.45, 7) is 2.38. The molecule has 1 aliphatic heterocycles. The van der Waals surface area contributed by atoms with Crippen LogP contribution in [0.25, 0.3) is 0 Å². The Kier molecular flexibility index (Phi) is 4.63. The maximum Gasteiger partial charge on any atom is 0.233 e. The zero-order chi connectivity index (χ0) is 13.8. The van der Waals surface area contributed by atoms with Crippen molar-refractivity contribution in [3.8, 4) is 0 Å². The predicted octanol–water partition coefficient (Wildman–Crippen LogP) is 2.64. The van der Waals surface area contributed by atoms with Crippen LogP contribution in [0.3, 0.4) is 0 Å². The highest BCUT2D eigenvalue weighted by Crippen LogP contribution is 2.36. The van der Waals surface area contributed by atoms with Gasteiger partial charge in [-0.1, -0.05) is 18.2 Å². The molecule has 1 amide bonds. The molecule has 3 rings (SSSR count). The second kappa shape index (κ2) is 6.64. The fraction of sp³-hybridized carbons (Fsp3) is 0.562. The number of rotatable bonds is 7. The van der Waals surface area contributed by atoms with Crippen LogP contribution < -0.4 is 5.32 Å². The van der Waals surface area contributed by atoms with Gasteiger partial charge in [0.2, 0.25) is 5.91 Å². The van der Waals surface area contributed by atoms with Gasteiger partial charge in [-0.15, -0.1) is 11.8 Å². The van der Waals surface area contributed by atoms with Crippen molar-refractivity contribution in [1.82, 2.24) is 5.32 Å². The van der Waals surface area contributed by atoms with Crippen molar-refractivity contribution >= 4 is 17.7 Å². The summed E-state index contributed by atoms with van der Waals surface area (Å²) >= 11 is 1.68. The van der Waals surface area contributed by atoms with E-state index in [0.717, 1.165) is 38.5 Å². The van der Waals surface area contributed by atoms with Gasteiger partial charge in [0.05, 0.1) is 5.25 Å². The first-order chi connectivity index (χ1) is 9.83. The number of benzene rings is 1. The Hall–Kier alpha value is -1.00. The van der Waals surface area contributed by atoms with Gasteiger partial charge in [-0.2, -0.15) is 0 Å². The molecular formula is C16H21NO2S. The van der Waals surface area contributed by atoms with Crippen LogP contribution in [0.4, 0.5) is 0 Å². The minimum absolute atomic E-state index is 0.0415. The van der Waals surface area contributed by atoms with Gasteiger partial charge in [-0.05, 0) is 43.2 Å². The van der Waals surface area contributed by atoms with Gasteiger partial charge in [0.25, 0.3) is 0 Å². The summed E-state index contributed by atoms with van der Waals surface area (Å²) in [5, 5.41) is 3.06. The zero-order valence-corrected chi connectivity index (χ0v) is 12.5. The molecule has 1 aromatic carbocycles. The molecule has 1 unspecified atom stereocenters. The Bertz CT molecular complexity index is 448. The smallest absolute Gasteiger partial charge is 0.233 e. The molecule has 0 aromatic heterocycles. The van der Waals surface area contributed by atoms with E-state index < -0.39 is 0 Å². The second-order valence-corrected chi connectivity index (χ2v) is 6.83. The van der Waals surface area contributed by atoms with Crippen LogP contribution in [0, 0.1) is 5.92 Å². The molecule has 0 radical (unpaired) electrons. The SMILES string of the molecule is O=C(NCCCOCC1CC1)C1Cc2ccccc2S1. The first-order valence-electron chi connectivity index (χ1n) is 7.43. The van der Waals surface area contributed by atoms with Gasteiger partial charge in [0, 0.05) is 24.7 Å². The molecule has 0 spiro atoms. The van der Waals surface area contributed by atoms with E-state index in [2.05, 4.69) is 17.4 Å². The number of thioether (sulfide) groups is 1. The van der Waals surface area contributed by atoms with Crippen molar-refractivity contribution in [2.45, 2.75) is 35.8 Å². The number of ether oxygens (including phenoxy) is 1. The number of carbonyl (C=O) groups is 1. The minimum Gasteiger partial charge on any atom is -0.381 e. The number of nitrogens with one attached hydrogen (secondary N) is 1. The lowest BCUT2D eigenvalue weighted by molar-refractivity contribution is -0.120. The van der Waals surface area contributed by atoms with Crippen LogP contribution >= 0.6 is 11.8 Å². The summed E-state index contributed by atoms with van der Waals surface area (Å²) in [4.78, 5) is 13.3. The maximum atomic E-state index is 12.1. The van der Waals surface area contributed by atoms with Crippen LogP contribution in [0.5, 0.6) is 0 Å². The standard InChI is InChI=1S/C16H21NO2S/c18-16(17-8-3-9-19-11-12-6-7-12)15-10-13-4-1-2-5-14(13)20-15/h1-2,4-5,12,15H,3,6-11H2,(H,17,18). The third-order valence-electron chi connectivity index (χ3n) is 3.75. The Labute approximate surface area is 124 Å². The number of fused-ring (bicyclic) bond motifs is 1. The number of hydrogen-bond donors (Lipinski definition) is 1. The van der Waals surface area contributed by atoms with E-state index in [4.69, 9.17) is 4.74 Å². The van der Waals surface area contributed by atoms with Gasteiger partial charge in [-0.3, -0.25) is 4.79 Å². The fourth-order valence-corrected chi connectivity index (χ4v) is 3.58. The Balaban J connectivity index is 1.31. The van der Waals surface area contributed by atoms with Crippen LogP contribution in [0.1, 0.15) is 24.8 Å². The molecule has 1 fully saturated rings. The van der Waals surface area contributed by atoms with Crippen molar-refractivity contribution in [3.63, 3.8) is 0 Å². The highest BCUT2D eigenvalue weighted by Gasteiger charge is 2.27. The van der Waals surface area contributed by atoms with Crippen molar-refractivity contribution in [3.05, 3.63) is 29.8 Å². The van der Waals surface area contributed by atoms with E-state index in [1.54, 1.807) is 11.8 Å². The lowest BCUT2D eigenvalue weighted by Crippen LogP contribution is -2.33. The van der Waals surface area contributed by atoms with E-state index in [1.807, 2.05) is 12.1 Å². The van der Waals surface area contributed by atoms with Crippen LogP contribution in [-0.2, 0) is 16.0 Å². The number of amides is 1. The molecule has 1 atom stereocenters. The van der Waals surface area contributed by atoms with E-state index in [1.165, 1.54) is 23.3 Å². The van der Waals surface area contributed by atoms with Crippen LogP contribution in [-0.4, -0.2) is 30.9 Å². The van der Waals surface area contributed by atoms with E-state index >= 15 is 0 Å².